The van der Waals surface area contributed by atoms with E-state index in [9.17, 15) is 5.11 Å². The second kappa shape index (κ2) is 11.8. The predicted octanol–water partition coefficient (Wildman–Crippen LogP) is 5.37. The molecule has 1 aromatic heterocycles. The van der Waals surface area contributed by atoms with Gasteiger partial charge in [0.1, 0.15) is 5.82 Å². The Balaban J connectivity index is 1.57. The van der Waals surface area contributed by atoms with Crippen LogP contribution in [0.2, 0.25) is 5.02 Å². The van der Waals surface area contributed by atoms with Crippen LogP contribution in [0.3, 0.4) is 0 Å². The van der Waals surface area contributed by atoms with E-state index in [1.165, 1.54) is 11.1 Å². The van der Waals surface area contributed by atoms with E-state index in [-0.39, 0.29) is 6.10 Å². The van der Waals surface area contributed by atoms with Gasteiger partial charge in [-0.1, -0.05) is 73.8 Å². The predicted molar refractivity (Wildman–Crippen MR) is 141 cm³/mol. The maximum absolute atomic E-state index is 10.4. The summed E-state index contributed by atoms with van der Waals surface area (Å²) in [5.41, 5.74) is 4.40. The topological polar surface area (TPSA) is 52.5 Å². The Bertz CT molecular complexity index is 1050. The van der Waals surface area contributed by atoms with Gasteiger partial charge >= 0.3 is 0 Å². The van der Waals surface area contributed by atoms with E-state index < -0.39 is 0 Å². The minimum atomic E-state index is -0.238. The summed E-state index contributed by atoms with van der Waals surface area (Å²) < 4.78 is 0. The Labute approximate surface area is 208 Å². The van der Waals surface area contributed by atoms with Gasteiger partial charge < -0.3 is 10.0 Å². The lowest BCUT2D eigenvalue weighted by Gasteiger charge is -2.37. The summed E-state index contributed by atoms with van der Waals surface area (Å²) in [4.78, 5) is 14.7. The van der Waals surface area contributed by atoms with Crippen LogP contribution >= 0.6 is 11.6 Å². The highest BCUT2D eigenvalue weighted by molar-refractivity contribution is 6.30. The Morgan fingerprint density at radius 2 is 1.68 bits per heavy atom. The molecule has 1 aliphatic heterocycles. The van der Waals surface area contributed by atoms with Gasteiger partial charge in [0.2, 0.25) is 0 Å². The van der Waals surface area contributed by atoms with E-state index in [0.29, 0.717) is 0 Å². The third-order valence-electron chi connectivity index (χ3n) is 6.55. The number of piperazine rings is 1. The van der Waals surface area contributed by atoms with Crippen molar-refractivity contribution in [3.63, 3.8) is 0 Å². The first-order valence-corrected chi connectivity index (χ1v) is 12.7. The molecule has 34 heavy (non-hydrogen) atoms. The van der Waals surface area contributed by atoms with Gasteiger partial charge in [0, 0.05) is 61.0 Å². The molecular formula is C28H35ClN4O. The molecule has 0 radical (unpaired) electrons. The number of rotatable bonds is 9. The van der Waals surface area contributed by atoms with Crippen LogP contribution in [0.15, 0.2) is 54.6 Å². The van der Waals surface area contributed by atoms with Gasteiger partial charge in [0.05, 0.1) is 6.10 Å². The molecule has 3 aromatic rings. The average Bonchev–Trinajstić information content (AvgIpc) is 2.86. The van der Waals surface area contributed by atoms with Crippen molar-refractivity contribution in [3.05, 3.63) is 76.4 Å². The van der Waals surface area contributed by atoms with E-state index in [0.717, 1.165) is 86.3 Å². The van der Waals surface area contributed by atoms with E-state index in [4.69, 9.17) is 21.6 Å². The number of benzene rings is 2. The Kier molecular flexibility index (Phi) is 8.54. The van der Waals surface area contributed by atoms with Gasteiger partial charge in [0.15, 0.2) is 5.82 Å². The number of aromatic nitrogens is 2. The van der Waals surface area contributed by atoms with Crippen molar-refractivity contribution < 1.29 is 5.11 Å². The number of aliphatic hydroxyl groups excluding tert-OH is 1. The van der Waals surface area contributed by atoms with E-state index in [1.807, 2.05) is 30.3 Å². The maximum Gasteiger partial charge on any atom is 0.161 e. The molecular weight excluding hydrogens is 444 g/mol. The fraction of sp³-hybridized carbons (Fsp3) is 0.429. The fourth-order valence-electron chi connectivity index (χ4n) is 4.54. The molecule has 5 nitrogen and oxygen atoms in total. The normalized spacial score (nSPS) is 15.5. The standard InChI is InChI=1S/C28H35ClN4O/c1-3-4-10-25(34)20-32-15-17-33(18-16-32)28-26(19-22-11-13-24(29)14-12-22)21(2)30-27(31-28)23-8-6-5-7-9-23/h5-9,11-14,25,34H,3-4,10,15-20H2,1-2H3/t25-/m1/s1. The molecule has 0 aliphatic carbocycles. The fourth-order valence-corrected chi connectivity index (χ4v) is 4.67. The SMILES string of the molecule is CCCC[C@@H](O)CN1CCN(c2nc(-c3ccccc3)nc(C)c2Cc2ccc(Cl)cc2)CC1. The summed E-state index contributed by atoms with van der Waals surface area (Å²) in [6.45, 7) is 8.63. The minimum absolute atomic E-state index is 0.238. The zero-order valence-corrected chi connectivity index (χ0v) is 21.0. The molecule has 0 spiro atoms. The first kappa shape index (κ1) is 24.6. The number of aryl methyl sites for hydroxylation is 1. The second-order valence-corrected chi connectivity index (χ2v) is 9.62. The molecule has 2 heterocycles. The van der Waals surface area contributed by atoms with Crippen LogP contribution in [0.4, 0.5) is 5.82 Å². The third kappa shape index (κ3) is 6.35. The summed E-state index contributed by atoms with van der Waals surface area (Å²) in [6, 6.07) is 18.2. The first-order valence-electron chi connectivity index (χ1n) is 12.4. The summed E-state index contributed by atoms with van der Waals surface area (Å²) in [7, 11) is 0. The Hall–Kier alpha value is -2.47. The molecule has 2 aromatic carbocycles. The number of hydrogen-bond donors (Lipinski definition) is 1. The van der Waals surface area contributed by atoms with Crippen molar-refractivity contribution in [2.75, 3.05) is 37.6 Å². The number of aliphatic hydroxyl groups is 1. The second-order valence-electron chi connectivity index (χ2n) is 9.19. The van der Waals surface area contributed by atoms with Gasteiger partial charge in [-0.05, 0) is 31.0 Å². The Morgan fingerprint density at radius 3 is 2.35 bits per heavy atom. The molecule has 0 bridgehead atoms. The molecule has 0 saturated carbocycles. The van der Waals surface area contributed by atoms with Crippen LogP contribution in [0.5, 0.6) is 0 Å². The van der Waals surface area contributed by atoms with Crippen molar-refractivity contribution in [1.82, 2.24) is 14.9 Å². The highest BCUT2D eigenvalue weighted by Crippen LogP contribution is 2.28. The number of β-amino-alcohol motifs (C(OH)–C–C–N with tert-alkyl or cyclic N) is 1. The van der Waals surface area contributed by atoms with Crippen LogP contribution in [-0.2, 0) is 6.42 Å². The van der Waals surface area contributed by atoms with Gasteiger partial charge in [-0.25, -0.2) is 9.97 Å². The average molecular weight is 479 g/mol. The van der Waals surface area contributed by atoms with E-state index in [1.54, 1.807) is 0 Å². The number of nitrogens with zero attached hydrogens (tertiary/aromatic N) is 4. The highest BCUT2D eigenvalue weighted by Gasteiger charge is 2.24. The summed E-state index contributed by atoms with van der Waals surface area (Å²) in [5, 5.41) is 11.1. The largest absolute Gasteiger partial charge is 0.392 e. The van der Waals surface area contributed by atoms with Crippen molar-refractivity contribution in [3.8, 4) is 11.4 Å². The molecule has 0 amide bonds. The smallest absolute Gasteiger partial charge is 0.161 e. The summed E-state index contributed by atoms with van der Waals surface area (Å²) >= 11 is 6.11. The highest BCUT2D eigenvalue weighted by atomic mass is 35.5. The maximum atomic E-state index is 10.4. The lowest BCUT2D eigenvalue weighted by molar-refractivity contribution is 0.100. The molecule has 0 unspecified atom stereocenters. The zero-order valence-electron chi connectivity index (χ0n) is 20.3. The van der Waals surface area contributed by atoms with E-state index >= 15 is 0 Å². The van der Waals surface area contributed by atoms with Crippen LogP contribution < -0.4 is 4.90 Å². The number of halogens is 1. The van der Waals surface area contributed by atoms with Crippen molar-refractivity contribution in [2.24, 2.45) is 0 Å². The van der Waals surface area contributed by atoms with Gasteiger partial charge in [-0.2, -0.15) is 0 Å². The summed E-state index contributed by atoms with van der Waals surface area (Å²) in [6.07, 6.45) is 3.62. The molecule has 4 rings (SSSR count). The van der Waals surface area contributed by atoms with Crippen LogP contribution in [0.1, 0.15) is 43.0 Å². The summed E-state index contributed by atoms with van der Waals surface area (Å²) in [5.74, 6) is 1.79. The monoisotopic (exact) mass is 478 g/mol. The zero-order chi connectivity index (χ0) is 23.9. The van der Waals surface area contributed by atoms with Crippen molar-refractivity contribution in [2.45, 2.75) is 45.6 Å². The lowest BCUT2D eigenvalue weighted by Crippen LogP contribution is -2.49. The van der Waals surface area contributed by atoms with Crippen molar-refractivity contribution >= 4 is 17.4 Å². The lowest BCUT2D eigenvalue weighted by atomic mass is 10.0. The molecule has 1 atom stereocenters. The van der Waals surface area contributed by atoms with Crippen molar-refractivity contribution in [1.29, 1.82) is 0 Å². The van der Waals surface area contributed by atoms with E-state index in [2.05, 4.69) is 47.9 Å². The van der Waals surface area contributed by atoms with Crippen LogP contribution in [0, 0.1) is 6.92 Å². The quantitative estimate of drug-likeness (QED) is 0.448. The first-order chi connectivity index (χ1) is 16.5. The molecule has 6 heteroatoms. The third-order valence-corrected chi connectivity index (χ3v) is 6.80. The number of unbranched alkanes of at least 4 members (excludes halogenated alkanes) is 1. The van der Waals surface area contributed by atoms with Crippen LogP contribution in [-0.4, -0.2) is 58.8 Å². The number of anilines is 1. The minimum Gasteiger partial charge on any atom is -0.392 e. The molecule has 1 aliphatic rings. The molecule has 1 N–H and O–H groups in total. The van der Waals surface area contributed by atoms with Gasteiger partial charge in [-0.15, -0.1) is 0 Å². The van der Waals surface area contributed by atoms with Gasteiger partial charge in [0.25, 0.3) is 0 Å². The van der Waals surface area contributed by atoms with Crippen LogP contribution in [0.25, 0.3) is 11.4 Å². The van der Waals surface area contributed by atoms with Gasteiger partial charge in [-0.3, -0.25) is 4.90 Å². The number of hydrogen-bond acceptors (Lipinski definition) is 5. The molecule has 180 valence electrons. The molecule has 1 saturated heterocycles. The Morgan fingerprint density at radius 1 is 0.971 bits per heavy atom. The molecule has 1 fully saturated rings.